The molecule has 0 saturated heterocycles. The van der Waals surface area contributed by atoms with E-state index < -0.39 is 24.6 Å². The van der Waals surface area contributed by atoms with Crippen LogP contribution in [0.5, 0.6) is 0 Å². The van der Waals surface area contributed by atoms with Gasteiger partial charge in [0.15, 0.2) is 0 Å². The third-order valence-corrected chi connectivity index (χ3v) is 6.08. The van der Waals surface area contributed by atoms with Crippen molar-refractivity contribution in [2.45, 2.75) is 31.8 Å². The number of carboxylic acids is 1. The second kappa shape index (κ2) is 10.9. The lowest BCUT2D eigenvalue weighted by Crippen LogP contribution is -2.41. The first kappa shape index (κ1) is 24.0. The van der Waals surface area contributed by atoms with Crippen LogP contribution in [0.2, 0.25) is 0 Å². The Morgan fingerprint density at radius 3 is 2.09 bits per heavy atom. The minimum atomic E-state index is -1.09. The van der Waals surface area contributed by atoms with E-state index in [1.54, 1.807) is 6.92 Å². The van der Waals surface area contributed by atoms with Crippen LogP contribution in [-0.4, -0.2) is 47.2 Å². The molecule has 0 spiro atoms. The van der Waals surface area contributed by atoms with Gasteiger partial charge in [0, 0.05) is 24.9 Å². The minimum Gasteiger partial charge on any atom is -0.480 e. The molecule has 7 heteroatoms. The van der Waals surface area contributed by atoms with Crippen molar-refractivity contribution in [3.63, 3.8) is 0 Å². The van der Waals surface area contributed by atoms with Crippen LogP contribution in [0.1, 0.15) is 36.0 Å². The Morgan fingerprint density at radius 2 is 1.49 bits per heavy atom. The number of ether oxygens (including phenoxy) is 1. The van der Waals surface area contributed by atoms with Crippen LogP contribution < -0.4 is 5.32 Å². The first-order valence-electron chi connectivity index (χ1n) is 11.6. The van der Waals surface area contributed by atoms with E-state index in [2.05, 4.69) is 17.4 Å². The number of carbonyl (C=O) groups is 3. The highest BCUT2D eigenvalue weighted by atomic mass is 16.5. The molecule has 35 heavy (non-hydrogen) atoms. The fourth-order valence-corrected chi connectivity index (χ4v) is 4.48. The second-order valence-electron chi connectivity index (χ2n) is 8.70. The number of hydrogen-bond acceptors (Lipinski definition) is 4. The normalized spacial score (nSPS) is 12.8. The zero-order valence-corrected chi connectivity index (χ0v) is 19.5. The van der Waals surface area contributed by atoms with Gasteiger partial charge in [-0.05, 0) is 34.7 Å². The summed E-state index contributed by atoms with van der Waals surface area (Å²) in [5.41, 5.74) is 5.37. The Bertz CT molecular complexity index is 1170. The number of aliphatic carboxylic acids is 1. The Morgan fingerprint density at radius 1 is 0.914 bits per heavy atom. The summed E-state index contributed by atoms with van der Waals surface area (Å²) in [6, 6.07) is 24.8. The summed E-state index contributed by atoms with van der Waals surface area (Å²) in [5, 5.41) is 11.9. The van der Waals surface area contributed by atoms with Gasteiger partial charge >= 0.3 is 12.1 Å². The molecule has 0 aliphatic heterocycles. The van der Waals surface area contributed by atoms with Gasteiger partial charge in [0.1, 0.15) is 13.2 Å². The van der Waals surface area contributed by atoms with Crippen molar-refractivity contribution in [3.8, 4) is 11.1 Å². The topological polar surface area (TPSA) is 95.9 Å². The van der Waals surface area contributed by atoms with E-state index >= 15 is 0 Å². The van der Waals surface area contributed by atoms with E-state index in [9.17, 15) is 19.5 Å². The molecule has 0 heterocycles. The number of fused-ring (bicyclic) bond motifs is 3. The average Bonchev–Trinajstić information content (AvgIpc) is 3.16. The van der Waals surface area contributed by atoms with Gasteiger partial charge in [-0.1, -0.05) is 78.9 Å². The highest BCUT2D eigenvalue weighted by Gasteiger charge is 2.29. The van der Waals surface area contributed by atoms with E-state index in [1.807, 2.05) is 66.7 Å². The Kier molecular flexibility index (Phi) is 7.45. The van der Waals surface area contributed by atoms with E-state index in [-0.39, 0.29) is 31.4 Å². The van der Waals surface area contributed by atoms with E-state index in [0.717, 1.165) is 27.8 Å². The number of carbonyl (C=O) groups excluding carboxylic acids is 2. The Hall–Kier alpha value is -4.13. The van der Waals surface area contributed by atoms with E-state index in [0.29, 0.717) is 0 Å². The molecular formula is C28H28N2O5. The van der Waals surface area contributed by atoms with Gasteiger partial charge in [-0.3, -0.25) is 9.59 Å². The third kappa shape index (κ3) is 5.87. The molecule has 2 amide bonds. The molecule has 3 aromatic rings. The highest BCUT2D eigenvalue weighted by molar-refractivity contribution is 5.82. The van der Waals surface area contributed by atoms with Crippen LogP contribution in [0.25, 0.3) is 11.1 Å². The lowest BCUT2D eigenvalue weighted by molar-refractivity contribution is -0.145. The molecule has 0 bridgehead atoms. The summed E-state index contributed by atoms with van der Waals surface area (Å²) < 4.78 is 5.54. The van der Waals surface area contributed by atoms with Crippen LogP contribution in [0.15, 0.2) is 78.9 Å². The monoisotopic (exact) mass is 472 g/mol. The SMILES string of the molecule is C[C@H](CC(=O)N(CC(=O)O)Cc1ccccc1)NC(=O)OCC1c2ccccc2-c2ccccc21. The maximum atomic E-state index is 12.8. The zero-order chi connectivity index (χ0) is 24.8. The van der Waals surface area contributed by atoms with Gasteiger partial charge in [-0.25, -0.2) is 4.79 Å². The maximum Gasteiger partial charge on any atom is 0.407 e. The van der Waals surface area contributed by atoms with Crippen molar-refractivity contribution in [2.24, 2.45) is 0 Å². The smallest absolute Gasteiger partial charge is 0.407 e. The zero-order valence-electron chi connectivity index (χ0n) is 19.5. The number of rotatable bonds is 9. The van der Waals surface area contributed by atoms with Crippen molar-refractivity contribution in [1.82, 2.24) is 10.2 Å². The molecule has 1 atom stereocenters. The molecule has 2 N–H and O–H groups in total. The predicted molar refractivity (Wildman–Crippen MR) is 132 cm³/mol. The molecule has 4 rings (SSSR count). The van der Waals surface area contributed by atoms with Gasteiger partial charge in [-0.2, -0.15) is 0 Å². The summed E-state index contributed by atoms with van der Waals surface area (Å²) in [4.78, 5) is 37.8. The van der Waals surface area contributed by atoms with Crippen LogP contribution in [0.3, 0.4) is 0 Å². The van der Waals surface area contributed by atoms with E-state index in [1.165, 1.54) is 4.90 Å². The summed E-state index contributed by atoms with van der Waals surface area (Å²) >= 11 is 0. The van der Waals surface area contributed by atoms with Gasteiger partial charge in [0.05, 0.1) is 0 Å². The quantitative estimate of drug-likeness (QED) is 0.481. The van der Waals surface area contributed by atoms with Crippen LogP contribution >= 0.6 is 0 Å². The highest BCUT2D eigenvalue weighted by Crippen LogP contribution is 2.44. The molecule has 0 unspecified atom stereocenters. The van der Waals surface area contributed by atoms with Crippen molar-refractivity contribution >= 4 is 18.0 Å². The Labute approximate surface area is 204 Å². The number of nitrogens with zero attached hydrogens (tertiary/aromatic N) is 1. The van der Waals surface area contributed by atoms with Crippen LogP contribution in [0, 0.1) is 0 Å². The van der Waals surface area contributed by atoms with E-state index in [4.69, 9.17) is 4.74 Å². The molecule has 0 radical (unpaired) electrons. The number of amides is 2. The van der Waals surface area contributed by atoms with Gasteiger partial charge < -0.3 is 20.1 Å². The number of benzene rings is 3. The summed E-state index contributed by atoms with van der Waals surface area (Å²) in [6.45, 7) is 1.65. The molecular weight excluding hydrogens is 444 g/mol. The van der Waals surface area contributed by atoms with Crippen molar-refractivity contribution in [1.29, 1.82) is 0 Å². The van der Waals surface area contributed by atoms with Crippen molar-refractivity contribution in [2.75, 3.05) is 13.2 Å². The first-order chi connectivity index (χ1) is 16.9. The Balaban J connectivity index is 1.33. The first-order valence-corrected chi connectivity index (χ1v) is 11.6. The maximum absolute atomic E-state index is 12.8. The number of carboxylic acid groups (broad SMARTS) is 1. The number of alkyl carbamates (subject to hydrolysis) is 1. The molecule has 3 aromatic carbocycles. The molecule has 0 aromatic heterocycles. The summed E-state index contributed by atoms with van der Waals surface area (Å²) in [5.74, 6) is -1.50. The van der Waals surface area contributed by atoms with Crippen LogP contribution in [-0.2, 0) is 20.9 Å². The van der Waals surface area contributed by atoms with Gasteiger partial charge in [-0.15, -0.1) is 0 Å². The molecule has 180 valence electrons. The lowest BCUT2D eigenvalue weighted by Gasteiger charge is -2.23. The molecule has 0 saturated carbocycles. The number of nitrogens with one attached hydrogen (secondary N) is 1. The molecule has 7 nitrogen and oxygen atoms in total. The fourth-order valence-electron chi connectivity index (χ4n) is 4.48. The lowest BCUT2D eigenvalue weighted by atomic mass is 9.98. The van der Waals surface area contributed by atoms with Gasteiger partial charge in [0.2, 0.25) is 5.91 Å². The summed E-state index contributed by atoms with van der Waals surface area (Å²) in [7, 11) is 0. The summed E-state index contributed by atoms with van der Waals surface area (Å²) in [6.07, 6.45) is -0.648. The molecule has 1 aliphatic rings. The standard InChI is InChI=1S/C28H28N2O5/c1-19(15-26(31)30(17-27(32)33)16-20-9-3-2-4-10-20)29-28(34)35-18-25-23-13-7-5-11-21(23)22-12-6-8-14-24(22)25/h2-14,19,25H,15-18H2,1H3,(H,29,34)(H,32,33)/t19-/m1/s1. The average molecular weight is 473 g/mol. The largest absolute Gasteiger partial charge is 0.480 e. The van der Waals surface area contributed by atoms with Crippen molar-refractivity contribution < 1.29 is 24.2 Å². The molecule has 0 fully saturated rings. The fraction of sp³-hybridized carbons (Fsp3) is 0.250. The number of hydrogen-bond donors (Lipinski definition) is 2. The molecule has 1 aliphatic carbocycles. The predicted octanol–water partition coefficient (Wildman–Crippen LogP) is 4.42. The minimum absolute atomic E-state index is 0.0374. The third-order valence-electron chi connectivity index (χ3n) is 6.08. The van der Waals surface area contributed by atoms with Crippen LogP contribution in [0.4, 0.5) is 4.79 Å². The second-order valence-corrected chi connectivity index (χ2v) is 8.70. The van der Waals surface area contributed by atoms with Crippen molar-refractivity contribution in [3.05, 3.63) is 95.6 Å². The van der Waals surface area contributed by atoms with Gasteiger partial charge in [0.25, 0.3) is 0 Å².